The summed E-state index contributed by atoms with van der Waals surface area (Å²) in [6.45, 7) is 18.3. The van der Waals surface area contributed by atoms with Crippen LogP contribution in [0.25, 0.3) is 0 Å². The van der Waals surface area contributed by atoms with Gasteiger partial charge in [-0.1, -0.05) is 67.7 Å². The van der Waals surface area contributed by atoms with Crippen LogP contribution in [0.4, 0.5) is 0 Å². The van der Waals surface area contributed by atoms with Crippen LogP contribution in [0.3, 0.4) is 0 Å². The van der Waals surface area contributed by atoms with Gasteiger partial charge in [-0.25, -0.2) is 0 Å². The molecule has 5 aliphatic rings. The number of esters is 1. The summed E-state index contributed by atoms with van der Waals surface area (Å²) in [5.41, 5.74) is -0.138. The van der Waals surface area contributed by atoms with Gasteiger partial charge in [-0.3, -0.25) is 9.59 Å². The molecule has 0 bridgehead atoms. The fraction of sp³-hybridized carbons (Fsp3) is 0.935. The molecule has 0 aromatic heterocycles. The Morgan fingerprint density at radius 2 is 1.74 bits per heavy atom. The number of fused-ring (bicyclic) bond motifs is 3. The number of ketones is 1. The van der Waals surface area contributed by atoms with Crippen molar-refractivity contribution in [1.82, 2.24) is 0 Å². The van der Waals surface area contributed by atoms with E-state index in [2.05, 4.69) is 48.5 Å². The maximum Gasteiger partial charge on any atom is 0.302 e. The Labute approximate surface area is 213 Å². The second-order valence-electron chi connectivity index (χ2n) is 14.6. The molecule has 4 nitrogen and oxygen atoms in total. The number of rotatable bonds is 6. The molecule has 0 radical (unpaired) electrons. The molecule has 4 heteroatoms. The summed E-state index contributed by atoms with van der Waals surface area (Å²) in [5.74, 6) is 2.83. The van der Waals surface area contributed by atoms with Crippen LogP contribution in [-0.4, -0.2) is 29.6 Å². The van der Waals surface area contributed by atoms with Crippen LogP contribution in [0.2, 0.25) is 0 Å². The van der Waals surface area contributed by atoms with Crippen LogP contribution in [-0.2, 0) is 19.1 Å². The number of Topliss-reactive ketones (excluding diaryl/α,β-unsaturated/α-hetero) is 1. The van der Waals surface area contributed by atoms with Crippen molar-refractivity contribution in [3.05, 3.63) is 0 Å². The SMILES string of the molecule is CC(=O)O[C@H]1CC[C@@]2(C)[C@@H](CC(=O)[C@@H]3[C@]24O[C@H]4C[C@]2(C)[C@@H]([C@H](C)CCCC(C)C)CC[C@@]32C)[C@@H]1C. The third-order valence-electron chi connectivity index (χ3n) is 12.6. The highest BCUT2D eigenvalue weighted by molar-refractivity contribution is 5.86. The lowest BCUT2D eigenvalue weighted by Gasteiger charge is -2.63. The maximum atomic E-state index is 14.2. The predicted molar refractivity (Wildman–Crippen MR) is 138 cm³/mol. The minimum atomic E-state index is -0.299. The Bertz CT molecular complexity index is 881. The van der Waals surface area contributed by atoms with E-state index in [9.17, 15) is 9.59 Å². The summed E-state index contributed by atoms with van der Waals surface area (Å²) in [4.78, 5) is 25.9. The van der Waals surface area contributed by atoms with Gasteiger partial charge in [0.15, 0.2) is 0 Å². The van der Waals surface area contributed by atoms with Crippen LogP contribution in [0, 0.1) is 51.8 Å². The number of carbonyl (C=O) groups excluding carboxylic acids is 2. The first-order chi connectivity index (χ1) is 16.3. The standard InChI is InChI=1S/C31H50O4/c1-18(2)10-9-11-19(3)22-12-14-29(7)27-24(33)16-23-20(4)25(34-21(5)32)13-15-28(23,6)31(27)26(35-31)17-30(22,29)8/h18-20,22-23,25-27H,9-17H2,1-8H3/t19-,20+,22-,23+,25+,26+,27+,28+,29+,30-,31+/m1/s1. The molecule has 198 valence electrons. The van der Waals surface area contributed by atoms with Crippen molar-refractivity contribution >= 4 is 11.8 Å². The summed E-state index contributed by atoms with van der Waals surface area (Å²) in [7, 11) is 0. The Morgan fingerprint density at radius 1 is 1.06 bits per heavy atom. The van der Waals surface area contributed by atoms with Crippen molar-refractivity contribution in [2.24, 2.45) is 51.8 Å². The van der Waals surface area contributed by atoms with Gasteiger partial charge in [0.2, 0.25) is 0 Å². The summed E-state index contributed by atoms with van der Waals surface area (Å²) < 4.78 is 12.6. The van der Waals surface area contributed by atoms with Gasteiger partial charge < -0.3 is 9.47 Å². The van der Waals surface area contributed by atoms with E-state index in [0.29, 0.717) is 24.0 Å². The van der Waals surface area contributed by atoms with E-state index in [1.54, 1.807) is 0 Å². The summed E-state index contributed by atoms with van der Waals surface area (Å²) >= 11 is 0. The largest absolute Gasteiger partial charge is 0.462 e. The zero-order chi connectivity index (χ0) is 25.6. The van der Waals surface area contributed by atoms with Crippen molar-refractivity contribution in [2.75, 3.05) is 0 Å². The van der Waals surface area contributed by atoms with E-state index >= 15 is 0 Å². The zero-order valence-electron chi connectivity index (χ0n) is 23.6. The first-order valence-electron chi connectivity index (χ1n) is 14.7. The molecule has 35 heavy (non-hydrogen) atoms. The number of hydrogen-bond donors (Lipinski definition) is 0. The smallest absolute Gasteiger partial charge is 0.302 e. The second-order valence-corrected chi connectivity index (χ2v) is 14.6. The average Bonchev–Trinajstić information content (AvgIpc) is 3.39. The van der Waals surface area contributed by atoms with Gasteiger partial charge in [0, 0.05) is 18.8 Å². The highest BCUT2D eigenvalue weighted by atomic mass is 16.6. The lowest BCUT2D eigenvalue weighted by atomic mass is 9.39. The minimum Gasteiger partial charge on any atom is -0.462 e. The van der Waals surface area contributed by atoms with Crippen LogP contribution in [0.15, 0.2) is 0 Å². The molecule has 1 aliphatic heterocycles. The van der Waals surface area contributed by atoms with E-state index in [0.717, 1.165) is 31.6 Å². The summed E-state index contributed by atoms with van der Waals surface area (Å²) in [5, 5.41) is 0. The van der Waals surface area contributed by atoms with E-state index in [1.807, 2.05) is 0 Å². The Morgan fingerprint density at radius 3 is 2.40 bits per heavy atom. The predicted octanol–water partition coefficient (Wildman–Crippen LogP) is 6.99. The van der Waals surface area contributed by atoms with Crippen molar-refractivity contribution in [3.63, 3.8) is 0 Å². The number of hydrogen-bond acceptors (Lipinski definition) is 4. The molecule has 0 N–H and O–H groups in total. The molecule has 0 aromatic rings. The van der Waals surface area contributed by atoms with Gasteiger partial charge >= 0.3 is 5.97 Å². The average molecular weight is 487 g/mol. The number of carbonyl (C=O) groups is 2. The maximum absolute atomic E-state index is 14.2. The molecule has 1 spiro atoms. The van der Waals surface area contributed by atoms with Gasteiger partial charge in [0.05, 0.1) is 12.0 Å². The van der Waals surface area contributed by atoms with Crippen LogP contribution in [0.1, 0.15) is 113 Å². The van der Waals surface area contributed by atoms with Gasteiger partial charge in [0.1, 0.15) is 17.5 Å². The lowest BCUT2D eigenvalue weighted by molar-refractivity contribution is -0.186. The van der Waals surface area contributed by atoms with E-state index in [1.165, 1.54) is 32.6 Å². The van der Waals surface area contributed by atoms with Crippen molar-refractivity contribution in [3.8, 4) is 0 Å². The quantitative estimate of drug-likeness (QED) is 0.300. The highest BCUT2D eigenvalue weighted by Gasteiger charge is 2.84. The Hall–Kier alpha value is -0.900. The third-order valence-corrected chi connectivity index (χ3v) is 12.6. The lowest BCUT2D eigenvalue weighted by Crippen LogP contribution is -2.68. The second kappa shape index (κ2) is 8.30. The molecule has 1 heterocycles. The van der Waals surface area contributed by atoms with Gasteiger partial charge in [-0.05, 0) is 72.5 Å². The molecule has 0 amide bonds. The first-order valence-corrected chi connectivity index (χ1v) is 14.7. The molecule has 0 unspecified atom stereocenters. The molecule has 5 rings (SSSR count). The summed E-state index contributed by atoms with van der Waals surface area (Å²) in [6, 6.07) is 0. The van der Waals surface area contributed by atoms with Crippen molar-refractivity contribution in [1.29, 1.82) is 0 Å². The third kappa shape index (κ3) is 3.40. The Balaban J connectivity index is 1.43. The topological polar surface area (TPSA) is 55.9 Å². The molecule has 4 saturated carbocycles. The van der Waals surface area contributed by atoms with Gasteiger partial charge in [-0.2, -0.15) is 0 Å². The van der Waals surface area contributed by atoms with E-state index in [-0.39, 0.29) is 57.8 Å². The highest BCUT2D eigenvalue weighted by Crippen LogP contribution is 2.80. The Kier molecular flexibility index (Phi) is 6.10. The normalized spacial score (nSPS) is 51.2. The van der Waals surface area contributed by atoms with Gasteiger partial charge in [-0.15, -0.1) is 0 Å². The van der Waals surface area contributed by atoms with Crippen molar-refractivity contribution in [2.45, 2.75) is 131 Å². The van der Waals surface area contributed by atoms with Crippen LogP contribution in [0.5, 0.6) is 0 Å². The molecule has 11 atom stereocenters. The monoisotopic (exact) mass is 486 g/mol. The van der Waals surface area contributed by atoms with Crippen molar-refractivity contribution < 1.29 is 19.1 Å². The van der Waals surface area contributed by atoms with Crippen LogP contribution < -0.4 is 0 Å². The first kappa shape index (κ1) is 25.7. The molecule has 0 aromatic carbocycles. The molecule has 4 aliphatic carbocycles. The minimum absolute atomic E-state index is 0.0119. The molecular weight excluding hydrogens is 436 g/mol. The van der Waals surface area contributed by atoms with Gasteiger partial charge in [0.25, 0.3) is 0 Å². The molecule has 5 fully saturated rings. The zero-order valence-corrected chi connectivity index (χ0v) is 23.6. The fourth-order valence-corrected chi connectivity index (χ4v) is 10.6. The van der Waals surface area contributed by atoms with Crippen LogP contribution >= 0.6 is 0 Å². The summed E-state index contributed by atoms with van der Waals surface area (Å²) in [6.07, 6.45) is 10.1. The molecule has 1 saturated heterocycles. The van der Waals surface area contributed by atoms with E-state index in [4.69, 9.17) is 9.47 Å². The molecular formula is C31H50O4. The number of epoxide rings is 1. The van der Waals surface area contributed by atoms with E-state index < -0.39 is 0 Å². The number of ether oxygens (including phenoxy) is 2. The fourth-order valence-electron chi connectivity index (χ4n) is 10.6.